The zero-order valence-electron chi connectivity index (χ0n) is 10.0. The van der Waals surface area contributed by atoms with Gasteiger partial charge in [0.25, 0.3) is 0 Å². The van der Waals surface area contributed by atoms with Crippen molar-refractivity contribution in [1.29, 1.82) is 0 Å². The predicted octanol–water partition coefficient (Wildman–Crippen LogP) is 2.10. The van der Waals surface area contributed by atoms with Gasteiger partial charge in [0.05, 0.1) is 5.75 Å². The molecule has 0 spiro atoms. The van der Waals surface area contributed by atoms with Crippen LogP contribution in [0.25, 0.3) is 0 Å². The van der Waals surface area contributed by atoms with Gasteiger partial charge >= 0.3 is 0 Å². The van der Waals surface area contributed by atoms with E-state index in [0.717, 1.165) is 17.0 Å². The second-order valence-electron chi connectivity index (χ2n) is 3.65. The molecule has 0 fully saturated rings. The highest BCUT2D eigenvalue weighted by Crippen LogP contribution is 2.16. The number of aromatic nitrogens is 3. The number of carbonyl (C=O) groups is 1. The summed E-state index contributed by atoms with van der Waals surface area (Å²) >= 11 is 1.47. The average molecular weight is 262 g/mol. The first-order chi connectivity index (χ1) is 8.78. The van der Waals surface area contributed by atoms with E-state index in [1.165, 1.54) is 11.8 Å². The number of nitrogens with zero attached hydrogens (tertiary/aromatic N) is 2. The molecule has 0 unspecified atom stereocenters. The number of carbonyl (C=O) groups excluding carboxylic acids is 1. The van der Waals surface area contributed by atoms with Gasteiger partial charge in [0.1, 0.15) is 0 Å². The van der Waals surface area contributed by atoms with Gasteiger partial charge in [0.15, 0.2) is 5.82 Å². The van der Waals surface area contributed by atoms with Crippen LogP contribution in [0.4, 0.5) is 5.82 Å². The normalized spacial score (nSPS) is 10.3. The van der Waals surface area contributed by atoms with Crippen LogP contribution in [0, 0.1) is 0 Å². The summed E-state index contributed by atoms with van der Waals surface area (Å²) in [4.78, 5) is 16.6. The molecule has 0 aromatic carbocycles. The minimum absolute atomic E-state index is 0.0639. The first-order valence-electron chi connectivity index (χ1n) is 5.65. The molecule has 5 nitrogen and oxygen atoms in total. The van der Waals surface area contributed by atoms with Crippen LogP contribution in [0.15, 0.2) is 35.5 Å². The maximum Gasteiger partial charge on any atom is 0.235 e. The van der Waals surface area contributed by atoms with Crippen molar-refractivity contribution in [1.82, 2.24) is 15.2 Å². The maximum absolute atomic E-state index is 11.7. The van der Waals surface area contributed by atoms with Gasteiger partial charge in [-0.25, -0.2) is 0 Å². The van der Waals surface area contributed by atoms with Crippen molar-refractivity contribution >= 4 is 23.5 Å². The Bertz CT molecular complexity index is 512. The number of aryl methyl sites for hydroxylation is 1. The fourth-order valence-corrected chi connectivity index (χ4v) is 2.05. The van der Waals surface area contributed by atoms with Crippen LogP contribution in [0.5, 0.6) is 0 Å². The highest BCUT2D eigenvalue weighted by atomic mass is 32.2. The molecule has 2 N–H and O–H groups in total. The second-order valence-corrected chi connectivity index (χ2v) is 4.70. The molecule has 2 aromatic rings. The number of aromatic amines is 1. The summed E-state index contributed by atoms with van der Waals surface area (Å²) in [5.41, 5.74) is 1.01. The molecule has 0 aliphatic carbocycles. The molecule has 0 saturated carbocycles. The van der Waals surface area contributed by atoms with Crippen molar-refractivity contribution in [2.24, 2.45) is 0 Å². The van der Waals surface area contributed by atoms with Crippen molar-refractivity contribution in [2.45, 2.75) is 18.2 Å². The van der Waals surface area contributed by atoms with Crippen LogP contribution < -0.4 is 5.32 Å². The van der Waals surface area contributed by atoms with Crippen LogP contribution in [-0.4, -0.2) is 26.8 Å². The van der Waals surface area contributed by atoms with Gasteiger partial charge in [-0.2, -0.15) is 5.10 Å². The molecule has 1 amide bonds. The summed E-state index contributed by atoms with van der Waals surface area (Å²) in [7, 11) is 0. The van der Waals surface area contributed by atoms with Crippen LogP contribution in [-0.2, 0) is 11.2 Å². The lowest BCUT2D eigenvalue weighted by Crippen LogP contribution is -2.14. The van der Waals surface area contributed by atoms with E-state index in [1.54, 1.807) is 12.4 Å². The molecule has 0 atom stereocenters. The summed E-state index contributed by atoms with van der Waals surface area (Å²) in [6.07, 6.45) is 4.29. The lowest BCUT2D eigenvalue weighted by molar-refractivity contribution is -0.113. The largest absolute Gasteiger partial charge is 0.308 e. The minimum Gasteiger partial charge on any atom is -0.308 e. The first-order valence-corrected chi connectivity index (χ1v) is 6.63. The fourth-order valence-electron chi connectivity index (χ4n) is 1.37. The van der Waals surface area contributed by atoms with Crippen LogP contribution in [0.3, 0.4) is 0 Å². The Balaban J connectivity index is 1.82. The van der Waals surface area contributed by atoms with Crippen molar-refractivity contribution in [3.8, 4) is 0 Å². The molecule has 2 heterocycles. The zero-order chi connectivity index (χ0) is 12.8. The molecule has 0 saturated heterocycles. The molecule has 2 aromatic heterocycles. The molecule has 18 heavy (non-hydrogen) atoms. The number of thioether (sulfide) groups is 1. The fraction of sp³-hybridized carbons (Fsp3) is 0.250. The minimum atomic E-state index is -0.0639. The lowest BCUT2D eigenvalue weighted by Gasteiger charge is -2.01. The third kappa shape index (κ3) is 3.59. The first kappa shape index (κ1) is 12.6. The molecular formula is C12H14N4OS. The number of hydrogen-bond acceptors (Lipinski definition) is 4. The van der Waals surface area contributed by atoms with Crippen molar-refractivity contribution in [3.05, 3.63) is 36.3 Å². The Morgan fingerprint density at radius 3 is 2.89 bits per heavy atom. The van der Waals surface area contributed by atoms with Gasteiger partial charge in [0, 0.05) is 29.0 Å². The molecule has 0 aliphatic heterocycles. The van der Waals surface area contributed by atoms with E-state index >= 15 is 0 Å². The van der Waals surface area contributed by atoms with E-state index in [1.807, 2.05) is 25.1 Å². The highest BCUT2D eigenvalue weighted by molar-refractivity contribution is 8.00. The van der Waals surface area contributed by atoms with Gasteiger partial charge in [-0.1, -0.05) is 6.92 Å². The number of amides is 1. The van der Waals surface area contributed by atoms with Gasteiger partial charge in [-0.05, 0) is 18.6 Å². The second kappa shape index (κ2) is 6.20. The Hall–Kier alpha value is -1.82. The predicted molar refractivity (Wildman–Crippen MR) is 71.6 cm³/mol. The van der Waals surface area contributed by atoms with E-state index in [2.05, 4.69) is 20.5 Å². The van der Waals surface area contributed by atoms with Gasteiger partial charge in [-0.3, -0.25) is 14.9 Å². The van der Waals surface area contributed by atoms with Crippen LogP contribution >= 0.6 is 11.8 Å². The van der Waals surface area contributed by atoms with E-state index in [-0.39, 0.29) is 5.91 Å². The van der Waals surface area contributed by atoms with Crippen LogP contribution in [0.2, 0.25) is 0 Å². The number of H-pyrrole nitrogens is 1. The van der Waals surface area contributed by atoms with Gasteiger partial charge < -0.3 is 5.32 Å². The molecule has 6 heteroatoms. The third-order valence-corrected chi connectivity index (χ3v) is 3.31. The van der Waals surface area contributed by atoms with E-state index in [9.17, 15) is 4.79 Å². The van der Waals surface area contributed by atoms with E-state index < -0.39 is 0 Å². The molecule has 94 valence electrons. The number of hydrogen-bond donors (Lipinski definition) is 2. The topological polar surface area (TPSA) is 70.7 Å². The van der Waals surface area contributed by atoms with E-state index in [4.69, 9.17) is 0 Å². The smallest absolute Gasteiger partial charge is 0.235 e. The SMILES string of the molecule is CCc1cc(NC(=O)CSc2ccncc2)n[nH]1. The Morgan fingerprint density at radius 2 is 2.22 bits per heavy atom. The number of pyridine rings is 1. The van der Waals surface area contributed by atoms with Crippen molar-refractivity contribution in [3.63, 3.8) is 0 Å². The molecule has 0 bridgehead atoms. The maximum atomic E-state index is 11.7. The monoisotopic (exact) mass is 262 g/mol. The zero-order valence-corrected chi connectivity index (χ0v) is 10.8. The Labute approximate surface area is 109 Å². The Kier molecular flexibility index (Phi) is 4.35. The molecule has 0 aliphatic rings. The van der Waals surface area contributed by atoms with Crippen molar-refractivity contribution < 1.29 is 4.79 Å². The summed E-state index contributed by atoms with van der Waals surface area (Å²) in [5.74, 6) is 0.872. The number of nitrogens with one attached hydrogen (secondary N) is 2. The average Bonchev–Trinajstić information content (AvgIpc) is 2.85. The summed E-state index contributed by atoms with van der Waals surface area (Å²) in [5, 5.41) is 9.61. The highest BCUT2D eigenvalue weighted by Gasteiger charge is 2.06. The van der Waals surface area contributed by atoms with Crippen LogP contribution in [0.1, 0.15) is 12.6 Å². The third-order valence-electron chi connectivity index (χ3n) is 2.30. The van der Waals surface area contributed by atoms with E-state index in [0.29, 0.717) is 11.6 Å². The number of anilines is 1. The quantitative estimate of drug-likeness (QED) is 0.809. The number of rotatable bonds is 5. The molecular weight excluding hydrogens is 248 g/mol. The lowest BCUT2D eigenvalue weighted by atomic mass is 10.3. The molecule has 2 rings (SSSR count). The Morgan fingerprint density at radius 1 is 1.44 bits per heavy atom. The summed E-state index contributed by atoms with van der Waals surface area (Å²) in [6.45, 7) is 2.03. The van der Waals surface area contributed by atoms with Gasteiger partial charge in [-0.15, -0.1) is 11.8 Å². The summed E-state index contributed by atoms with van der Waals surface area (Å²) < 4.78 is 0. The summed E-state index contributed by atoms with van der Waals surface area (Å²) in [6, 6.07) is 5.60. The molecule has 0 radical (unpaired) electrons. The van der Waals surface area contributed by atoms with Crippen molar-refractivity contribution in [2.75, 3.05) is 11.1 Å². The standard InChI is InChI=1S/C12H14N4OS/c1-2-9-7-11(16-15-9)14-12(17)8-18-10-3-5-13-6-4-10/h3-7H,2,8H2,1H3,(H2,14,15,16,17). The van der Waals surface area contributed by atoms with Gasteiger partial charge in [0.2, 0.25) is 5.91 Å².